The van der Waals surface area contributed by atoms with E-state index in [9.17, 15) is 19.7 Å². The average molecular weight is 420 g/mol. The van der Waals surface area contributed by atoms with Gasteiger partial charge in [0.15, 0.2) is 5.65 Å². The molecule has 5 rings (SSSR count). The van der Waals surface area contributed by atoms with Gasteiger partial charge >= 0.3 is 0 Å². The number of hydrogen-bond acceptors (Lipinski definition) is 6. The van der Waals surface area contributed by atoms with Crippen LogP contribution in [0.3, 0.4) is 0 Å². The maximum absolute atomic E-state index is 13.3. The van der Waals surface area contributed by atoms with Gasteiger partial charge in [-0.15, -0.1) is 0 Å². The first-order valence-corrected chi connectivity index (χ1v) is 9.10. The molecule has 9 nitrogen and oxygen atoms in total. The number of benzene rings is 2. The smallest absolute Gasteiger partial charge is 0.275 e. The topological polar surface area (TPSA) is 122 Å². The maximum atomic E-state index is 13.3. The van der Waals surface area contributed by atoms with Crippen LogP contribution in [0.25, 0.3) is 22.3 Å². The van der Waals surface area contributed by atoms with Crippen LogP contribution in [-0.4, -0.2) is 31.9 Å². The summed E-state index contributed by atoms with van der Waals surface area (Å²) in [5, 5.41) is 19.3. The highest BCUT2D eigenvalue weighted by atomic mass is 35.5. The number of nitrogens with zero attached hydrogens (tertiary/aromatic N) is 4. The fraction of sp³-hybridized carbons (Fsp3) is 0. The minimum absolute atomic E-state index is 0.0577. The molecule has 2 amide bonds. The number of halogens is 1. The van der Waals surface area contributed by atoms with Gasteiger partial charge in [-0.25, -0.2) is 9.88 Å². The van der Waals surface area contributed by atoms with Crippen molar-refractivity contribution in [1.29, 1.82) is 0 Å². The second kappa shape index (κ2) is 6.46. The molecule has 1 N–H and O–H groups in total. The van der Waals surface area contributed by atoms with Crippen molar-refractivity contribution in [2.24, 2.45) is 0 Å². The van der Waals surface area contributed by atoms with Crippen molar-refractivity contribution in [3.05, 3.63) is 81.0 Å². The molecule has 3 heterocycles. The number of H-pyrrole nitrogens is 1. The summed E-state index contributed by atoms with van der Waals surface area (Å²) in [6, 6.07) is 12.5. The van der Waals surface area contributed by atoms with Gasteiger partial charge in [0.25, 0.3) is 17.5 Å². The summed E-state index contributed by atoms with van der Waals surface area (Å²) >= 11 is 5.96. The van der Waals surface area contributed by atoms with Crippen LogP contribution in [-0.2, 0) is 0 Å². The minimum Gasteiger partial charge on any atom is -0.275 e. The zero-order valence-electron chi connectivity index (χ0n) is 15.0. The van der Waals surface area contributed by atoms with Crippen LogP contribution >= 0.6 is 11.6 Å². The van der Waals surface area contributed by atoms with E-state index >= 15 is 0 Å². The zero-order valence-corrected chi connectivity index (χ0v) is 15.8. The number of nitro groups is 1. The molecule has 146 valence electrons. The molecule has 0 saturated heterocycles. The number of hydrogen-bond donors (Lipinski definition) is 1. The normalized spacial score (nSPS) is 13.2. The predicted octanol–water partition coefficient (Wildman–Crippen LogP) is 3.99. The summed E-state index contributed by atoms with van der Waals surface area (Å²) < 4.78 is 0. The van der Waals surface area contributed by atoms with Crippen LogP contribution in [0.5, 0.6) is 0 Å². The van der Waals surface area contributed by atoms with E-state index < -0.39 is 16.7 Å². The Hall–Kier alpha value is -4.11. The fourth-order valence-corrected chi connectivity index (χ4v) is 3.67. The lowest BCUT2D eigenvalue weighted by Crippen LogP contribution is -2.30. The summed E-state index contributed by atoms with van der Waals surface area (Å²) in [6.45, 7) is 0. The van der Waals surface area contributed by atoms with Crippen LogP contribution in [0, 0.1) is 10.1 Å². The van der Waals surface area contributed by atoms with Crippen molar-refractivity contribution < 1.29 is 14.5 Å². The first-order chi connectivity index (χ1) is 14.5. The van der Waals surface area contributed by atoms with Crippen LogP contribution in [0.2, 0.25) is 5.02 Å². The Morgan fingerprint density at radius 3 is 2.50 bits per heavy atom. The molecule has 0 fully saturated rings. The summed E-state index contributed by atoms with van der Waals surface area (Å²) in [7, 11) is 0. The Labute approximate surface area is 173 Å². The molecular formula is C20H10ClN5O4. The van der Waals surface area contributed by atoms with Crippen molar-refractivity contribution in [3.63, 3.8) is 0 Å². The van der Waals surface area contributed by atoms with Gasteiger partial charge in [0.05, 0.1) is 27.1 Å². The summed E-state index contributed by atoms with van der Waals surface area (Å²) in [5.41, 5.74) is 1.16. The van der Waals surface area contributed by atoms with Crippen molar-refractivity contribution >= 4 is 45.8 Å². The van der Waals surface area contributed by atoms with Crippen molar-refractivity contribution in [2.45, 2.75) is 0 Å². The molecule has 0 atom stereocenters. The van der Waals surface area contributed by atoms with E-state index in [0.717, 1.165) is 4.90 Å². The number of rotatable bonds is 3. The number of carbonyl (C=O) groups is 2. The summed E-state index contributed by atoms with van der Waals surface area (Å²) in [6.07, 6.45) is 1.26. The second-order valence-electron chi connectivity index (χ2n) is 6.54. The standard InChI is InChI=1S/C20H10ClN5O4/c21-11-7-5-10(6-8-11)17-16-15-12(9-22-18(16)24-23-17)19(27)25(20(15)28)13-3-1-2-4-14(13)26(29)30/h1-9H,(H,22,23,24). The number of aromatic amines is 1. The zero-order chi connectivity index (χ0) is 21.0. The Kier molecular flexibility index (Phi) is 3.87. The third-order valence-electron chi connectivity index (χ3n) is 4.89. The Bertz CT molecular complexity index is 1380. The molecule has 0 aliphatic carbocycles. The Balaban J connectivity index is 1.74. The van der Waals surface area contributed by atoms with E-state index in [4.69, 9.17) is 11.6 Å². The SMILES string of the molecule is O=C1c2cnc3n[nH]c(-c4ccc(Cl)cc4)c3c2C(=O)N1c1ccccc1[N+](=O)[O-]. The number of amides is 2. The number of para-hydroxylation sites is 2. The minimum atomic E-state index is -0.679. The van der Waals surface area contributed by atoms with Gasteiger partial charge in [-0.2, -0.15) is 5.10 Å². The van der Waals surface area contributed by atoms with Gasteiger partial charge in [-0.3, -0.25) is 24.8 Å². The number of pyridine rings is 1. The highest BCUT2D eigenvalue weighted by Crippen LogP contribution is 2.39. The van der Waals surface area contributed by atoms with Crippen LogP contribution in [0.15, 0.2) is 54.7 Å². The number of carbonyl (C=O) groups excluding carboxylic acids is 2. The van der Waals surface area contributed by atoms with Crippen molar-refractivity contribution in [1.82, 2.24) is 15.2 Å². The fourth-order valence-electron chi connectivity index (χ4n) is 3.55. The van der Waals surface area contributed by atoms with Gasteiger partial charge in [0.2, 0.25) is 0 Å². The molecule has 4 aromatic rings. The van der Waals surface area contributed by atoms with Gasteiger partial charge in [0.1, 0.15) is 5.69 Å². The van der Waals surface area contributed by atoms with E-state index in [2.05, 4.69) is 15.2 Å². The molecule has 1 aliphatic heterocycles. The molecule has 0 spiro atoms. The first kappa shape index (κ1) is 18.0. The Morgan fingerprint density at radius 1 is 1.03 bits per heavy atom. The molecule has 1 aliphatic rings. The highest BCUT2D eigenvalue weighted by Gasteiger charge is 2.42. The molecule has 30 heavy (non-hydrogen) atoms. The van der Waals surface area contributed by atoms with Gasteiger partial charge in [-0.1, -0.05) is 35.9 Å². The largest absolute Gasteiger partial charge is 0.293 e. The number of nitro benzene ring substituents is 1. The number of imide groups is 1. The van der Waals surface area contributed by atoms with Crippen molar-refractivity contribution in [3.8, 4) is 11.3 Å². The maximum Gasteiger partial charge on any atom is 0.293 e. The molecule has 0 radical (unpaired) electrons. The number of fused-ring (bicyclic) bond motifs is 3. The number of anilines is 1. The predicted molar refractivity (Wildman–Crippen MR) is 109 cm³/mol. The molecule has 0 bridgehead atoms. The van der Waals surface area contributed by atoms with E-state index in [0.29, 0.717) is 21.7 Å². The number of aromatic nitrogens is 3. The lowest BCUT2D eigenvalue weighted by atomic mass is 10.0. The molecule has 10 heteroatoms. The molecule has 2 aromatic carbocycles. The van der Waals surface area contributed by atoms with Gasteiger partial charge in [-0.05, 0) is 18.2 Å². The van der Waals surface area contributed by atoms with Crippen LogP contribution < -0.4 is 4.90 Å². The monoisotopic (exact) mass is 419 g/mol. The van der Waals surface area contributed by atoms with Gasteiger partial charge in [0, 0.05) is 22.8 Å². The quantitative estimate of drug-likeness (QED) is 0.304. The molecule has 0 unspecified atom stereocenters. The number of nitrogens with one attached hydrogen (secondary N) is 1. The third kappa shape index (κ3) is 2.49. The summed E-state index contributed by atoms with van der Waals surface area (Å²) in [5.74, 6) is -1.35. The third-order valence-corrected chi connectivity index (χ3v) is 5.14. The van der Waals surface area contributed by atoms with E-state index in [1.54, 1.807) is 24.3 Å². The summed E-state index contributed by atoms with van der Waals surface area (Å²) in [4.78, 5) is 42.1. The van der Waals surface area contributed by atoms with Crippen molar-refractivity contribution in [2.75, 3.05) is 4.90 Å². The lowest BCUT2D eigenvalue weighted by Gasteiger charge is -2.13. The van der Waals surface area contributed by atoms with Gasteiger partial charge < -0.3 is 0 Å². The second-order valence-corrected chi connectivity index (χ2v) is 6.98. The highest BCUT2D eigenvalue weighted by molar-refractivity contribution is 6.38. The average Bonchev–Trinajstić information content (AvgIpc) is 3.27. The Morgan fingerprint density at radius 2 is 1.77 bits per heavy atom. The molecular weight excluding hydrogens is 410 g/mol. The van der Waals surface area contributed by atoms with E-state index in [1.807, 2.05) is 0 Å². The first-order valence-electron chi connectivity index (χ1n) is 8.72. The molecule has 2 aromatic heterocycles. The molecule has 0 saturated carbocycles. The van der Waals surface area contributed by atoms with Crippen LogP contribution in [0.1, 0.15) is 20.7 Å². The van der Waals surface area contributed by atoms with E-state index in [1.165, 1.54) is 30.5 Å². The lowest BCUT2D eigenvalue weighted by molar-refractivity contribution is -0.384. The van der Waals surface area contributed by atoms with Crippen LogP contribution in [0.4, 0.5) is 11.4 Å². The van der Waals surface area contributed by atoms with E-state index in [-0.39, 0.29) is 28.1 Å².